The molecule has 0 aliphatic rings. The third-order valence-corrected chi connectivity index (χ3v) is 2.86. The van der Waals surface area contributed by atoms with Gasteiger partial charge in [-0.2, -0.15) is 8.42 Å². The maximum Gasteiger partial charge on any atom is 0.394 e. The second-order valence-electron chi connectivity index (χ2n) is 4.65. The molecule has 1 unspecified atom stereocenters. The van der Waals surface area contributed by atoms with Gasteiger partial charge in [-0.1, -0.05) is 38.8 Å². The monoisotopic (exact) mass is 333 g/mol. The van der Waals surface area contributed by atoms with Crippen LogP contribution in [0.2, 0.25) is 0 Å². The number of benzene rings is 1. The molecular weight excluding hydrogens is 310 g/mol. The van der Waals surface area contributed by atoms with E-state index in [0.717, 1.165) is 25.7 Å². The minimum atomic E-state index is -4.67. The van der Waals surface area contributed by atoms with Crippen molar-refractivity contribution < 1.29 is 27.1 Å². The summed E-state index contributed by atoms with van der Waals surface area (Å²) in [5.74, 6) is 0.279. The Kier molecular flexibility index (Phi) is 9.39. The van der Waals surface area contributed by atoms with E-state index in [2.05, 4.69) is 6.92 Å². The number of esters is 1. The highest BCUT2D eigenvalue weighted by Gasteiger charge is 2.18. The summed E-state index contributed by atoms with van der Waals surface area (Å²) in [6, 6.07) is 7.09. The number of unbranched alkanes of at least 4 members (excludes halogenated alkanes) is 1. The number of rotatable bonds is 6. The largest absolute Gasteiger partial charge is 0.424 e. The summed E-state index contributed by atoms with van der Waals surface area (Å²) in [7, 11) is -4.67. The quantitative estimate of drug-likeness (QED) is 0.316. The van der Waals surface area contributed by atoms with Crippen LogP contribution in [0.1, 0.15) is 39.5 Å². The van der Waals surface area contributed by atoms with E-state index < -0.39 is 10.4 Å². The fourth-order valence-electron chi connectivity index (χ4n) is 1.70. The standard InChI is InChI=1S/C14H21NO2.H2O4S/c1-3-5-8-11(4-2)14(16)17-13-10-7-6-9-12(13)15;1-5(2,3)4/h6-7,9-11H,3-5,8,15H2,1-2H3;(H2,1,2,3,4). The first-order chi connectivity index (χ1) is 10.2. The Hall–Kier alpha value is -1.64. The number of hydrogen-bond acceptors (Lipinski definition) is 5. The minimum Gasteiger partial charge on any atom is -0.424 e. The van der Waals surface area contributed by atoms with Crippen molar-refractivity contribution in [3.05, 3.63) is 24.3 Å². The van der Waals surface area contributed by atoms with Crippen LogP contribution in [-0.2, 0) is 15.2 Å². The molecule has 22 heavy (non-hydrogen) atoms. The summed E-state index contributed by atoms with van der Waals surface area (Å²) in [6.07, 6.45) is 3.85. The zero-order chi connectivity index (χ0) is 17.2. The van der Waals surface area contributed by atoms with Crippen molar-refractivity contribution in [2.75, 3.05) is 5.73 Å². The molecule has 0 fully saturated rings. The average molecular weight is 333 g/mol. The van der Waals surface area contributed by atoms with Gasteiger partial charge in [-0.15, -0.1) is 0 Å². The van der Waals surface area contributed by atoms with Gasteiger partial charge in [-0.05, 0) is 25.0 Å². The maximum absolute atomic E-state index is 11.9. The van der Waals surface area contributed by atoms with Crippen LogP contribution in [-0.4, -0.2) is 23.5 Å². The van der Waals surface area contributed by atoms with Crippen molar-refractivity contribution in [2.45, 2.75) is 39.5 Å². The molecule has 0 bridgehead atoms. The van der Waals surface area contributed by atoms with Gasteiger partial charge < -0.3 is 10.5 Å². The summed E-state index contributed by atoms with van der Waals surface area (Å²) >= 11 is 0. The van der Waals surface area contributed by atoms with E-state index >= 15 is 0 Å². The third-order valence-electron chi connectivity index (χ3n) is 2.86. The smallest absolute Gasteiger partial charge is 0.394 e. The molecule has 0 aromatic heterocycles. The van der Waals surface area contributed by atoms with Gasteiger partial charge in [0.2, 0.25) is 0 Å². The Labute approximate surface area is 131 Å². The van der Waals surface area contributed by atoms with E-state index in [1.165, 1.54) is 0 Å². The van der Waals surface area contributed by atoms with Crippen molar-refractivity contribution >= 4 is 22.1 Å². The Morgan fingerprint density at radius 2 is 1.82 bits per heavy atom. The van der Waals surface area contributed by atoms with Crippen LogP contribution in [0.15, 0.2) is 24.3 Å². The first-order valence-corrected chi connectivity index (χ1v) is 8.34. The van der Waals surface area contributed by atoms with Gasteiger partial charge in [0.25, 0.3) is 0 Å². The molecule has 0 amide bonds. The number of carbonyl (C=O) groups is 1. The van der Waals surface area contributed by atoms with Gasteiger partial charge in [0.15, 0.2) is 5.75 Å². The van der Waals surface area contributed by atoms with Crippen LogP contribution < -0.4 is 10.5 Å². The SMILES string of the molecule is CCCCC(CC)C(=O)Oc1ccccc1N.O=S(=O)(O)O. The number of anilines is 1. The molecular formula is C14H23NO6S. The van der Waals surface area contributed by atoms with E-state index in [9.17, 15) is 4.79 Å². The Bertz CT molecular complexity index is 550. The van der Waals surface area contributed by atoms with Crippen LogP contribution in [0.5, 0.6) is 5.75 Å². The lowest BCUT2D eigenvalue weighted by atomic mass is 10.00. The van der Waals surface area contributed by atoms with Crippen LogP contribution in [0.3, 0.4) is 0 Å². The van der Waals surface area contributed by atoms with E-state index in [4.69, 9.17) is 28.0 Å². The Morgan fingerprint density at radius 3 is 2.27 bits per heavy atom. The van der Waals surface area contributed by atoms with E-state index in [1.54, 1.807) is 12.1 Å². The number of nitrogen functional groups attached to an aromatic ring is 1. The Balaban J connectivity index is 0.000000763. The van der Waals surface area contributed by atoms with Crippen molar-refractivity contribution in [2.24, 2.45) is 5.92 Å². The molecule has 0 aliphatic carbocycles. The summed E-state index contributed by atoms with van der Waals surface area (Å²) in [5, 5.41) is 0. The molecule has 0 aliphatic heterocycles. The fraction of sp³-hybridized carbons (Fsp3) is 0.500. The Morgan fingerprint density at radius 1 is 1.27 bits per heavy atom. The summed E-state index contributed by atoms with van der Waals surface area (Å²) in [4.78, 5) is 11.9. The highest BCUT2D eigenvalue weighted by molar-refractivity contribution is 7.79. The van der Waals surface area contributed by atoms with Crippen molar-refractivity contribution in [3.8, 4) is 5.75 Å². The second-order valence-corrected chi connectivity index (χ2v) is 5.55. The zero-order valence-electron chi connectivity index (χ0n) is 12.7. The number of para-hydroxylation sites is 2. The van der Waals surface area contributed by atoms with Crippen LogP contribution in [0.4, 0.5) is 5.69 Å². The topological polar surface area (TPSA) is 127 Å². The van der Waals surface area contributed by atoms with Gasteiger partial charge in [0, 0.05) is 0 Å². The van der Waals surface area contributed by atoms with Gasteiger partial charge in [-0.25, -0.2) is 0 Å². The zero-order valence-corrected chi connectivity index (χ0v) is 13.5. The summed E-state index contributed by atoms with van der Waals surface area (Å²) in [5.41, 5.74) is 6.24. The van der Waals surface area contributed by atoms with Crippen LogP contribution >= 0.6 is 0 Å². The van der Waals surface area contributed by atoms with E-state index in [-0.39, 0.29) is 11.9 Å². The first-order valence-electron chi connectivity index (χ1n) is 6.95. The molecule has 0 spiro atoms. The molecule has 0 radical (unpaired) electrons. The number of nitrogens with two attached hydrogens (primary N) is 1. The highest BCUT2D eigenvalue weighted by atomic mass is 32.3. The van der Waals surface area contributed by atoms with E-state index in [0.29, 0.717) is 11.4 Å². The molecule has 1 aromatic carbocycles. The molecule has 0 saturated heterocycles. The van der Waals surface area contributed by atoms with Gasteiger partial charge in [0.1, 0.15) is 0 Å². The average Bonchev–Trinajstić information content (AvgIpc) is 2.40. The lowest BCUT2D eigenvalue weighted by Gasteiger charge is -2.14. The van der Waals surface area contributed by atoms with Crippen molar-refractivity contribution in [1.29, 1.82) is 0 Å². The predicted octanol–water partition coefficient (Wildman–Crippen LogP) is 2.74. The molecule has 7 nitrogen and oxygen atoms in total. The molecule has 0 saturated carbocycles. The summed E-state index contributed by atoms with van der Waals surface area (Å²) < 4.78 is 36.9. The maximum atomic E-state index is 11.9. The van der Waals surface area contributed by atoms with Crippen molar-refractivity contribution in [3.63, 3.8) is 0 Å². The van der Waals surface area contributed by atoms with Crippen LogP contribution in [0.25, 0.3) is 0 Å². The molecule has 8 heteroatoms. The normalized spacial score (nSPS) is 12.0. The highest BCUT2D eigenvalue weighted by Crippen LogP contribution is 2.23. The molecule has 4 N–H and O–H groups in total. The van der Waals surface area contributed by atoms with Gasteiger partial charge in [-0.3, -0.25) is 13.9 Å². The third kappa shape index (κ3) is 10.1. The van der Waals surface area contributed by atoms with Crippen molar-refractivity contribution in [1.82, 2.24) is 0 Å². The van der Waals surface area contributed by atoms with E-state index in [1.807, 2.05) is 19.1 Å². The fourth-order valence-corrected chi connectivity index (χ4v) is 1.70. The van der Waals surface area contributed by atoms with Gasteiger partial charge in [0.05, 0.1) is 11.6 Å². The van der Waals surface area contributed by atoms with Gasteiger partial charge >= 0.3 is 16.4 Å². The number of hydrogen-bond donors (Lipinski definition) is 3. The second kappa shape index (κ2) is 10.1. The number of carbonyl (C=O) groups excluding carboxylic acids is 1. The molecule has 1 aromatic rings. The molecule has 126 valence electrons. The lowest BCUT2D eigenvalue weighted by Crippen LogP contribution is -2.20. The number of ether oxygens (including phenoxy) is 1. The minimum absolute atomic E-state index is 0.0189. The van der Waals surface area contributed by atoms with Crippen LogP contribution in [0, 0.1) is 5.92 Å². The lowest BCUT2D eigenvalue weighted by molar-refractivity contribution is -0.139. The summed E-state index contributed by atoms with van der Waals surface area (Å²) in [6.45, 7) is 4.13. The predicted molar refractivity (Wildman–Crippen MR) is 84.0 cm³/mol. The first kappa shape index (κ1) is 20.4. The molecule has 0 heterocycles. The molecule has 1 rings (SSSR count). The molecule has 1 atom stereocenters.